The Kier molecular flexibility index (Phi) is 4.18. The van der Waals surface area contributed by atoms with Gasteiger partial charge in [0.15, 0.2) is 5.65 Å². The number of nitrogens with zero attached hydrogens (tertiary/aromatic N) is 4. The minimum Gasteiger partial charge on any atom is -0.494 e. The number of ether oxygens (including phenoxy) is 1. The second kappa shape index (κ2) is 6.79. The van der Waals surface area contributed by atoms with Gasteiger partial charge in [-0.2, -0.15) is 10.1 Å². The number of fused-ring (bicyclic) bond motifs is 3. The highest BCUT2D eigenvalue weighted by molar-refractivity contribution is 6.03. The Bertz CT molecular complexity index is 1080. The monoisotopic (exact) mass is 346 g/mol. The van der Waals surface area contributed by atoms with Crippen LogP contribution in [0.25, 0.3) is 22.1 Å². The lowest BCUT2D eigenvalue weighted by atomic mass is 10.1. The molecule has 0 atom stereocenters. The fourth-order valence-electron chi connectivity index (χ4n) is 2.73. The van der Waals surface area contributed by atoms with E-state index in [9.17, 15) is 0 Å². The second-order valence-corrected chi connectivity index (χ2v) is 5.77. The number of aromatic amines is 1. The Morgan fingerprint density at radius 1 is 1.12 bits per heavy atom. The molecule has 2 N–H and O–H groups in total. The first kappa shape index (κ1) is 16.0. The number of anilines is 1. The highest BCUT2D eigenvalue weighted by atomic mass is 16.5. The standard InChI is InChI=1S/C19H18N6O/c1-3-26-14-10-8-13(9-11-14)12(2)22-24-19-21-18-17(23-25-19)15-6-4-5-7-16(15)20-18/h4-11H,3H2,1-2H3,(H2,20,21,24,25)/b22-12+. The molecule has 7 nitrogen and oxygen atoms in total. The van der Waals surface area contributed by atoms with Crippen molar-refractivity contribution in [2.24, 2.45) is 5.10 Å². The predicted octanol–water partition coefficient (Wildman–Crippen LogP) is 3.74. The van der Waals surface area contributed by atoms with Crippen LogP contribution in [0.5, 0.6) is 5.75 Å². The van der Waals surface area contributed by atoms with Gasteiger partial charge in [-0.25, -0.2) is 5.43 Å². The average Bonchev–Trinajstić information content (AvgIpc) is 3.04. The lowest BCUT2D eigenvalue weighted by Crippen LogP contribution is -2.03. The Morgan fingerprint density at radius 3 is 2.73 bits per heavy atom. The SMILES string of the molecule is CCOc1ccc(/C(C)=N/Nc2nnc3c(n2)[nH]c2ccccc23)cc1. The van der Waals surface area contributed by atoms with E-state index < -0.39 is 0 Å². The fourth-order valence-corrected chi connectivity index (χ4v) is 2.73. The van der Waals surface area contributed by atoms with Gasteiger partial charge in [-0.1, -0.05) is 18.2 Å². The molecule has 0 aliphatic carbocycles. The van der Waals surface area contributed by atoms with Gasteiger partial charge in [-0.05, 0) is 49.7 Å². The zero-order valence-electron chi connectivity index (χ0n) is 14.5. The van der Waals surface area contributed by atoms with Gasteiger partial charge in [-0.15, -0.1) is 10.2 Å². The van der Waals surface area contributed by atoms with Gasteiger partial charge in [0.05, 0.1) is 12.3 Å². The van der Waals surface area contributed by atoms with Crippen LogP contribution in [0.15, 0.2) is 53.6 Å². The number of rotatable bonds is 5. The molecule has 0 bridgehead atoms. The molecule has 0 radical (unpaired) electrons. The van der Waals surface area contributed by atoms with Gasteiger partial charge in [0, 0.05) is 10.9 Å². The summed E-state index contributed by atoms with van der Waals surface area (Å²) in [5.41, 5.74) is 7.08. The van der Waals surface area contributed by atoms with E-state index in [1.54, 1.807) is 0 Å². The number of benzene rings is 2. The quantitative estimate of drug-likeness (QED) is 0.424. The third-order valence-electron chi connectivity index (χ3n) is 4.03. The van der Waals surface area contributed by atoms with Crippen molar-refractivity contribution in [3.63, 3.8) is 0 Å². The van der Waals surface area contributed by atoms with Gasteiger partial charge in [0.2, 0.25) is 0 Å². The van der Waals surface area contributed by atoms with Gasteiger partial charge in [0.1, 0.15) is 11.3 Å². The van der Waals surface area contributed by atoms with E-state index >= 15 is 0 Å². The van der Waals surface area contributed by atoms with E-state index in [0.717, 1.165) is 33.4 Å². The Morgan fingerprint density at radius 2 is 1.92 bits per heavy atom. The van der Waals surface area contributed by atoms with Gasteiger partial charge in [0.25, 0.3) is 5.95 Å². The average molecular weight is 346 g/mol. The second-order valence-electron chi connectivity index (χ2n) is 5.77. The Hall–Kier alpha value is -3.48. The molecule has 2 aromatic carbocycles. The molecule has 0 saturated carbocycles. The number of nitrogens with one attached hydrogen (secondary N) is 2. The first-order chi connectivity index (χ1) is 12.7. The number of hydrogen-bond donors (Lipinski definition) is 2. The summed E-state index contributed by atoms with van der Waals surface area (Å²) in [5.74, 6) is 1.18. The van der Waals surface area contributed by atoms with Crippen LogP contribution in [0.1, 0.15) is 19.4 Å². The Balaban J connectivity index is 1.56. The minimum atomic E-state index is 0.342. The summed E-state index contributed by atoms with van der Waals surface area (Å²) >= 11 is 0. The Labute approximate surface area is 150 Å². The van der Waals surface area contributed by atoms with Crippen LogP contribution in [0.3, 0.4) is 0 Å². The maximum absolute atomic E-state index is 5.45. The number of para-hydroxylation sites is 1. The fraction of sp³-hybridized carbons (Fsp3) is 0.158. The highest BCUT2D eigenvalue weighted by Crippen LogP contribution is 2.21. The van der Waals surface area contributed by atoms with Crippen molar-refractivity contribution in [1.82, 2.24) is 20.2 Å². The first-order valence-electron chi connectivity index (χ1n) is 8.39. The molecule has 2 heterocycles. The largest absolute Gasteiger partial charge is 0.494 e. The molecule has 0 amide bonds. The van der Waals surface area contributed by atoms with Crippen LogP contribution in [0, 0.1) is 0 Å². The van der Waals surface area contributed by atoms with Crippen LogP contribution in [-0.2, 0) is 0 Å². The van der Waals surface area contributed by atoms with Crippen molar-refractivity contribution in [3.8, 4) is 5.75 Å². The molecule has 0 aliphatic heterocycles. The van der Waals surface area contributed by atoms with E-state index in [0.29, 0.717) is 18.2 Å². The van der Waals surface area contributed by atoms with Crippen LogP contribution >= 0.6 is 0 Å². The summed E-state index contributed by atoms with van der Waals surface area (Å²) in [7, 11) is 0. The number of aromatic nitrogens is 4. The molecular formula is C19H18N6O. The van der Waals surface area contributed by atoms with Crippen LogP contribution < -0.4 is 10.2 Å². The van der Waals surface area contributed by atoms with E-state index in [-0.39, 0.29) is 0 Å². The molecule has 0 spiro atoms. The minimum absolute atomic E-state index is 0.342. The number of H-pyrrole nitrogens is 1. The summed E-state index contributed by atoms with van der Waals surface area (Å²) in [5, 5.41) is 13.7. The third-order valence-corrected chi connectivity index (χ3v) is 4.03. The summed E-state index contributed by atoms with van der Waals surface area (Å²) in [6.45, 7) is 4.52. The van der Waals surface area contributed by atoms with Crippen molar-refractivity contribution in [1.29, 1.82) is 0 Å². The van der Waals surface area contributed by atoms with Gasteiger partial charge in [-0.3, -0.25) is 0 Å². The van der Waals surface area contributed by atoms with Crippen LogP contribution in [0.4, 0.5) is 5.95 Å². The van der Waals surface area contributed by atoms with Gasteiger partial charge < -0.3 is 9.72 Å². The summed E-state index contributed by atoms with van der Waals surface area (Å²) < 4.78 is 5.45. The number of hydrogen-bond acceptors (Lipinski definition) is 6. The highest BCUT2D eigenvalue weighted by Gasteiger charge is 2.08. The van der Waals surface area contributed by atoms with E-state index in [1.165, 1.54) is 0 Å². The summed E-state index contributed by atoms with van der Waals surface area (Å²) in [4.78, 5) is 7.69. The first-order valence-corrected chi connectivity index (χ1v) is 8.39. The molecule has 7 heteroatoms. The molecule has 2 aromatic heterocycles. The lowest BCUT2D eigenvalue weighted by molar-refractivity contribution is 0.340. The zero-order valence-corrected chi connectivity index (χ0v) is 14.5. The molecule has 4 rings (SSSR count). The van der Waals surface area contributed by atoms with E-state index in [4.69, 9.17) is 4.74 Å². The van der Waals surface area contributed by atoms with Crippen LogP contribution in [0.2, 0.25) is 0 Å². The number of hydrazone groups is 1. The van der Waals surface area contributed by atoms with E-state index in [2.05, 4.69) is 30.7 Å². The van der Waals surface area contributed by atoms with Crippen molar-refractivity contribution < 1.29 is 4.74 Å². The zero-order chi connectivity index (χ0) is 17.9. The normalized spacial score (nSPS) is 11.8. The molecule has 0 saturated heterocycles. The smallest absolute Gasteiger partial charge is 0.265 e. The topological polar surface area (TPSA) is 88.1 Å². The van der Waals surface area contributed by atoms with Crippen molar-refractivity contribution >= 4 is 33.7 Å². The lowest BCUT2D eigenvalue weighted by Gasteiger charge is -2.05. The van der Waals surface area contributed by atoms with Crippen molar-refractivity contribution in [2.75, 3.05) is 12.0 Å². The summed E-state index contributed by atoms with van der Waals surface area (Å²) in [6.07, 6.45) is 0. The third kappa shape index (κ3) is 3.06. The van der Waals surface area contributed by atoms with Gasteiger partial charge >= 0.3 is 0 Å². The van der Waals surface area contributed by atoms with Crippen molar-refractivity contribution in [2.45, 2.75) is 13.8 Å². The van der Waals surface area contributed by atoms with Crippen LogP contribution in [-0.4, -0.2) is 32.5 Å². The van der Waals surface area contributed by atoms with Crippen molar-refractivity contribution in [3.05, 3.63) is 54.1 Å². The molecule has 26 heavy (non-hydrogen) atoms. The molecule has 0 unspecified atom stereocenters. The molecule has 130 valence electrons. The molecule has 4 aromatic rings. The maximum Gasteiger partial charge on any atom is 0.265 e. The molecule has 0 aliphatic rings. The molecule has 0 fully saturated rings. The van der Waals surface area contributed by atoms with E-state index in [1.807, 2.05) is 62.4 Å². The molecular weight excluding hydrogens is 328 g/mol. The summed E-state index contributed by atoms with van der Waals surface area (Å²) in [6, 6.07) is 15.7. The predicted molar refractivity (Wildman–Crippen MR) is 103 cm³/mol. The maximum atomic E-state index is 5.45.